The second kappa shape index (κ2) is 6.42. The second-order valence-electron chi connectivity index (χ2n) is 3.62. The van der Waals surface area contributed by atoms with Crippen molar-refractivity contribution in [3.8, 4) is 0 Å². The third-order valence-electron chi connectivity index (χ3n) is 2.25. The summed E-state index contributed by atoms with van der Waals surface area (Å²) in [5.41, 5.74) is 5.03. The maximum absolute atomic E-state index is 4.02. The van der Waals surface area contributed by atoms with Crippen molar-refractivity contribution in [1.82, 2.24) is 0 Å². The smallest absolute Gasteiger partial charge is 0.0178 e. The van der Waals surface area contributed by atoms with E-state index in [1.165, 1.54) is 16.7 Å². The molecule has 0 fully saturated rings. The molecule has 0 saturated carbocycles. The Kier molecular flexibility index (Phi) is 5.94. The summed E-state index contributed by atoms with van der Waals surface area (Å²) >= 11 is 0. The van der Waals surface area contributed by atoms with Crippen molar-refractivity contribution in [2.75, 3.05) is 0 Å². The Hall–Kier alpha value is -1.04. The van der Waals surface area contributed by atoms with Gasteiger partial charge in [-0.25, -0.2) is 0 Å². The molecule has 0 aromatic heterocycles. The highest BCUT2D eigenvalue weighted by Gasteiger charge is 2.02. The maximum atomic E-state index is 4.02. The van der Waals surface area contributed by atoms with E-state index in [1.54, 1.807) is 0 Å². The lowest BCUT2D eigenvalue weighted by atomic mass is 9.95. The first kappa shape index (κ1) is 13.0. The summed E-state index contributed by atoms with van der Waals surface area (Å²) in [4.78, 5) is 0. The van der Waals surface area contributed by atoms with Crippen LogP contribution in [0.1, 0.15) is 41.0 Å². The standard InChI is InChI=1S/C14H22/c1-7-9-10-13(6)14(11(3)4)12(5)8-2/h8-10H,3,7H2,1-2,4-6H3/b10-9-,12-8-,14-13+. The number of hydrogen-bond acceptors (Lipinski definition) is 0. The summed E-state index contributed by atoms with van der Waals surface area (Å²) < 4.78 is 0. The quantitative estimate of drug-likeness (QED) is 0.558. The molecule has 0 aromatic carbocycles. The molecule has 0 saturated heterocycles. The van der Waals surface area contributed by atoms with Gasteiger partial charge in [-0.3, -0.25) is 0 Å². The van der Waals surface area contributed by atoms with Crippen molar-refractivity contribution >= 4 is 0 Å². The van der Waals surface area contributed by atoms with Crippen molar-refractivity contribution in [3.05, 3.63) is 47.1 Å². The maximum Gasteiger partial charge on any atom is -0.0178 e. The zero-order chi connectivity index (χ0) is 11.1. The minimum atomic E-state index is 1.08. The zero-order valence-electron chi connectivity index (χ0n) is 10.1. The Labute approximate surface area is 88.7 Å². The summed E-state index contributed by atoms with van der Waals surface area (Å²) in [7, 11) is 0. The van der Waals surface area contributed by atoms with Crippen molar-refractivity contribution in [2.24, 2.45) is 0 Å². The molecule has 0 unspecified atom stereocenters. The highest BCUT2D eigenvalue weighted by Crippen LogP contribution is 2.22. The monoisotopic (exact) mass is 190 g/mol. The van der Waals surface area contributed by atoms with Gasteiger partial charge in [-0.2, -0.15) is 0 Å². The molecule has 78 valence electrons. The fourth-order valence-corrected chi connectivity index (χ4v) is 1.51. The first-order valence-electron chi connectivity index (χ1n) is 5.21. The SMILES string of the molecule is C=C(C)C(/C(C)=C\C)=C(C)\C=C/CC. The van der Waals surface area contributed by atoms with Crippen LogP contribution in [0.15, 0.2) is 47.1 Å². The van der Waals surface area contributed by atoms with Gasteiger partial charge in [0.15, 0.2) is 0 Å². The summed E-state index contributed by atoms with van der Waals surface area (Å²) in [6.07, 6.45) is 7.57. The number of allylic oxidation sites excluding steroid dienone is 7. The lowest BCUT2D eigenvalue weighted by Gasteiger charge is -2.10. The summed E-state index contributed by atoms with van der Waals surface area (Å²) in [6.45, 7) is 14.6. The molecular weight excluding hydrogens is 168 g/mol. The Balaban J connectivity index is 5.16. The molecule has 0 atom stereocenters. The second-order valence-corrected chi connectivity index (χ2v) is 3.62. The van der Waals surface area contributed by atoms with Crippen LogP contribution >= 0.6 is 0 Å². The van der Waals surface area contributed by atoms with Gasteiger partial charge in [-0.1, -0.05) is 37.3 Å². The van der Waals surface area contributed by atoms with Crippen LogP contribution in [0.4, 0.5) is 0 Å². The molecule has 0 amide bonds. The van der Waals surface area contributed by atoms with Gasteiger partial charge in [0, 0.05) is 0 Å². The largest absolute Gasteiger partial charge is 0.0955 e. The molecule has 0 bridgehead atoms. The third-order valence-corrected chi connectivity index (χ3v) is 2.25. The molecule has 0 rings (SSSR count). The minimum absolute atomic E-state index is 1.08. The van der Waals surface area contributed by atoms with Crippen LogP contribution in [0, 0.1) is 0 Å². The van der Waals surface area contributed by atoms with Gasteiger partial charge in [-0.05, 0) is 50.8 Å². The molecule has 0 radical (unpaired) electrons. The van der Waals surface area contributed by atoms with Crippen molar-refractivity contribution in [2.45, 2.75) is 41.0 Å². The summed E-state index contributed by atoms with van der Waals surface area (Å²) in [5, 5.41) is 0. The van der Waals surface area contributed by atoms with E-state index >= 15 is 0 Å². The number of hydrogen-bond donors (Lipinski definition) is 0. The van der Waals surface area contributed by atoms with E-state index in [4.69, 9.17) is 0 Å². The lowest BCUT2D eigenvalue weighted by molar-refractivity contribution is 1.20. The number of rotatable bonds is 4. The van der Waals surface area contributed by atoms with E-state index in [0.29, 0.717) is 0 Å². The molecule has 0 N–H and O–H groups in total. The summed E-state index contributed by atoms with van der Waals surface area (Å²) in [6, 6.07) is 0. The van der Waals surface area contributed by atoms with Gasteiger partial charge in [-0.15, -0.1) is 0 Å². The van der Waals surface area contributed by atoms with Crippen LogP contribution in [0.2, 0.25) is 0 Å². The molecule has 0 aromatic rings. The average molecular weight is 190 g/mol. The molecule has 0 heterocycles. The van der Waals surface area contributed by atoms with E-state index in [0.717, 1.165) is 12.0 Å². The van der Waals surface area contributed by atoms with E-state index in [9.17, 15) is 0 Å². The molecule has 0 spiro atoms. The Morgan fingerprint density at radius 1 is 1.21 bits per heavy atom. The molecule has 0 aliphatic rings. The summed E-state index contributed by atoms with van der Waals surface area (Å²) in [5.74, 6) is 0. The van der Waals surface area contributed by atoms with Gasteiger partial charge in [0.2, 0.25) is 0 Å². The van der Waals surface area contributed by atoms with Crippen LogP contribution in [0.5, 0.6) is 0 Å². The van der Waals surface area contributed by atoms with E-state index in [-0.39, 0.29) is 0 Å². The van der Waals surface area contributed by atoms with Crippen molar-refractivity contribution < 1.29 is 0 Å². The van der Waals surface area contributed by atoms with E-state index in [2.05, 4.69) is 59.4 Å². The molecule has 0 aliphatic carbocycles. The Morgan fingerprint density at radius 2 is 1.79 bits per heavy atom. The zero-order valence-corrected chi connectivity index (χ0v) is 10.1. The average Bonchev–Trinajstić information content (AvgIpc) is 2.14. The van der Waals surface area contributed by atoms with Crippen LogP contribution in [0.3, 0.4) is 0 Å². The van der Waals surface area contributed by atoms with Crippen molar-refractivity contribution in [3.63, 3.8) is 0 Å². The molecule has 0 aliphatic heterocycles. The molecule has 0 heteroatoms. The Morgan fingerprint density at radius 3 is 2.14 bits per heavy atom. The van der Waals surface area contributed by atoms with Crippen LogP contribution in [0.25, 0.3) is 0 Å². The van der Waals surface area contributed by atoms with Crippen LogP contribution in [-0.4, -0.2) is 0 Å². The highest BCUT2D eigenvalue weighted by atomic mass is 14.1. The normalized spacial score (nSPS) is 14.5. The third kappa shape index (κ3) is 3.78. The minimum Gasteiger partial charge on any atom is -0.0955 e. The van der Waals surface area contributed by atoms with Gasteiger partial charge < -0.3 is 0 Å². The van der Waals surface area contributed by atoms with E-state index < -0.39 is 0 Å². The van der Waals surface area contributed by atoms with Gasteiger partial charge in [0.05, 0.1) is 0 Å². The first-order valence-corrected chi connectivity index (χ1v) is 5.21. The van der Waals surface area contributed by atoms with E-state index in [1.807, 2.05) is 0 Å². The molecule has 0 nitrogen and oxygen atoms in total. The first-order chi connectivity index (χ1) is 6.54. The molecular formula is C14H22. The van der Waals surface area contributed by atoms with Crippen LogP contribution < -0.4 is 0 Å². The fraction of sp³-hybridized carbons (Fsp3) is 0.429. The fourth-order valence-electron chi connectivity index (χ4n) is 1.51. The van der Waals surface area contributed by atoms with Gasteiger partial charge in [0.25, 0.3) is 0 Å². The Bertz CT molecular complexity index is 285. The predicted octanol–water partition coefficient (Wildman–Crippen LogP) is 4.81. The van der Waals surface area contributed by atoms with Gasteiger partial charge >= 0.3 is 0 Å². The van der Waals surface area contributed by atoms with Gasteiger partial charge in [0.1, 0.15) is 0 Å². The highest BCUT2D eigenvalue weighted by molar-refractivity contribution is 5.49. The predicted molar refractivity (Wildman–Crippen MR) is 66.4 cm³/mol. The van der Waals surface area contributed by atoms with Crippen LogP contribution in [-0.2, 0) is 0 Å². The van der Waals surface area contributed by atoms with Crippen molar-refractivity contribution in [1.29, 1.82) is 0 Å². The molecule has 14 heavy (non-hydrogen) atoms. The topological polar surface area (TPSA) is 0 Å². The lowest BCUT2D eigenvalue weighted by Crippen LogP contribution is -1.90.